The number of nitrogens with zero attached hydrogens (tertiary/aromatic N) is 3. The largest absolute Gasteiger partial charge is 0.351 e. The van der Waals surface area contributed by atoms with Gasteiger partial charge in [-0.2, -0.15) is 12.7 Å². The van der Waals surface area contributed by atoms with Crippen molar-refractivity contribution < 1.29 is 16.1 Å². The lowest BCUT2D eigenvalue weighted by molar-refractivity contribution is 0.0979. The molecule has 3 N–H and O–H groups in total. The van der Waals surface area contributed by atoms with Crippen molar-refractivity contribution in [1.82, 2.24) is 14.0 Å². The van der Waals surface area contributed by atoms with Crippen LogP contribution in [0.4, 0.5) is 5.82 Å². The molecule has 33 heavy (non-hydrogen) atoms. The lowest BCUT2D eigenvalue weighted by Crippen LogP contribution is -2.44. The molecule has 9 heteroatoms. The van der Waals surface area contributed by atoms with E-state index in [9.17, 15) is 13.2 Å². The molecule has 1 aromatic heterocycles. The van der Waals surface area contributed by atoms with Gasteiger partial charge in [0.25, 0.3) is 5.91 Å². The summed E-state index contributed by atoms with van der Waals surface area (Å²) in [4.78, 5) is 20.3. The second-order valence-electron chi connectivity index (χ2n) is 10.0. The van der Waals surface area contributed by atoms with Gasteiger partial charge in [0.15, 0.2) is 0 Å². The van der Waals surface area contributed by atoms with E-state index in [-0.39, 0.29) is 26.5 Å². The van der Waals surface area contributed by atoms with Crippen LogP contribution in [-0.2, 0) is 10.2 Å². The molecule has 1 amide bonds. The summed E-state index contributed by atoms with van der Waals surface area (Å²) >= 11 is 0. The van der Waals surface area contributed by atoms with Crippen LogP contribution in [0.15, 0.2) is 36.4 Å². The van der Waals surface area contributed by atoms with Crippen LogP contribution in [0.25, 0.3) is 11.3 Å². The van der Waals surface area contributed by atoms with E-state index in [1.165, 1.54) is 4.31 Å². The number of pyridine rings is 1. The monoisotopic (exact) mass is 475 g/mol. The van der Waals surface area contributed by atoms with Crippen LogP contribution >= 0.6 is 0 Å². The fourth-order valence-corrected chi connectivity index (χ4v) is 6.17. The van der Waals surface area contributed by atoms with Crippen molar-refractivity contribution in [2.45, 2.75) is 52.1 Å². The molecule has 0 bridgehead atoms. The summed E-state index contributed by atoms with van der Waals surface area (Å²) in [5.74, 6) is 0.258. The van der Waals surface area contributed by atoms with Gasteiger partial charge in [0.05, 0.1) is 11.3 Å². The summed E-state index contributed by atoms with van der Waals surface area (Å²) in [6.07, 6.45) is 1.53. The number of anilines is 1. The van der Waals surface area contributed by atoms with Gasteiger partial charge in [-0.25, -0.2) is 9.71 Å². The van der Waals surface area contributed by atoms with E-state index in [4.69, 9.17) is 10.7 Å². The molecule has 0 aliphatic carbocycles. The Morgan fingerprint density at radius 2 is 2.00 bits per heavy atom. The summed E-state index contributed by atoms with van der Waals surface area (Å²) in [7, 11) is -3.98. The van der Waals surface area contributed by atoms with Crippen molar-refractivity contribution in [3.8, 4) is 11.3 Å². The lowest BCUT2D eigenvalue weighted by atomic mass is 9.97. The van der Waals surface area contributed by atoms with E-state index in [2.05, 4.69) is 30.4 Å². The van der Waals surface area contributed by atoms with Crippen molar-refractivity contribution in [2.75, 3.05) is 24.5 Å². The van der Waals surface area contributed by atoms with Gasteiger partial charge in [-0.3, -0.25) is 4.79 Å². The highest BCUT2D eigenvalue weighted by molar-refractivity contribution is 7.87. The minimum Gasteiger partial charge on any atom is -0.351 e. The minimum absolute atomic E-state index is 0. The molecule has 2 aromatic rings. The van der Waals surface area contributed by atoms with E-state index in [0.717, 1.165) is 29.8 Å². The fraction of sp³-hybridized carbons (Fsp3) is 0.500. The number of aryl methyl sites for hydroxylation is 1. The minimum atomic E-state index is -3.98. The summed E-state index contributed by atoms with van der Waals surface area (Å²) in [5, 5.41) is 0. The van der Waals surface area contributed by atoms with Crippen molar-refractivity contribution in [3.05, 3.63) is 47.5 Å². The molecule has 2 fully saturated rings. The number of benzene rings is 1. The molecule has 0 saturated carbocycles. The average molecular weight is 476 g/mol. The maximum atomic E-state index is 13.3. The molecule has 2 atom stereocenters. The second kappa shape index (κ2) is 8.70. The lowest BCUT2D eigenvalue weighted by Gasteiger charge is -2.34. The Labute approximate surface area is 199 Å². The normalized spacial score (nSPS) is 23.1. The van der Waals surface area contributed by atoms with Crippen molar-refractivity contribution >= 4 is 21.9 Å². The number of aromatic nitrogens is 1. The molecule has 3 heterocycles. The molecule has 4 rings (SSSR count). The van der Waals surface area contributed by atoms with Crippen LogP contribution < -0.4 is 15.4 Å². The van der Waals surface area contributed by atoms with E-state index < -0.39 is 16.1 Å². The van der Waals surface area contributed by atoms with Crippen LogP contribution in [0.5, 0.6) is 0 Å². The van der Waals surface area contributed by atoms with Gasteiger partial charge < -0.3 is 10.6 Å². The predicted octanol–water partition coefficient (Wildman–Crippen LogP) is 3.18. The number of amides is 1. The average Bonchev–Trinajstić information content (AvgIpc) is 3.29. The van der Waals surface area contributed by atoms with E-state index >= 15 is 0 Å². The number of nitrogens with two attached hydrogens (primary N) is 1. The zero-order chi connectivity index (χ0) is 24.0. The van der Waals surface area contributed by atoms with Crippen LogP contribution in [-0.4, -0.2) is 54.8 Å². The first-order chi connectivity index (χ1) is 15.5. The molecule has 2 aliphatic rings. The van der Waals surface area contributed by atoms with Gasteiger partial charge in [-0.05, 0) is 57.7 Å². The number of carbonyl (C=O) groups excluding carboxylic acids is 1. The van der Waals surface area contributed by atoms with E-state index in [1.807, 2.05) is 31.2 Å². The Morgan fingerprint density at radius 3 is 2.61 bits per heavy atom. The maximum Gasteiger partial charge on any atom is 0.304 e. The Morgan fingerprint density at radius 1 is 1.24 bits per heavy atom. The molecular formula is C24H37N5O3S. The van der Waals surface area contributed by atoms with Crippen LogP contribution in [0.3, 0.4) is 0 Å². The number of hydrogen-bond donors (Lipinski definition) is 2. The fourth-order valence-electron chi connectivity index (χ4n) is 4.96. The van der Waals surface area contributed by atoms with Crippen molar-refractivity contribution in [1.29, 1.82) is 0 Å². The molecule has 2 saturated heterocycles. The third-order valence-electron chi connectivity index (χ3n) is 6.51. The SMILES string of the molecule is Cc1cccc(-c2ccc(C(=O)NS(=O)(=O)N3CC[C@H](N)C3)c(N3C[C@@H](C)CC3(C)C)n2)c1.[HH].[HH]. The number of nitrogens with one attached hydrogen (secondary N) is 1. The molecule has 182 valence electrons. The Hall–Kier alpha value is -2.49. The first-order valence-corrected chi connectivity index (χ1v) is 12.8. The highest BCUT2D eigenvalue weighted by Gasteiger charge is 2.39. The van der Waals surface area contributed by atoms with E-state index in [1.54, 1.807) is 12.1 Å². The molecule has 0 spiro atoms. The van der Waals surface area contributed by atoms with Gasteiger partial charge in [0.2, 0.25) is 0 Å². The second-order valence-corrected chi connectivity index (χ2v) is 11.7. The van der Waals surface area contributed by atoms with Crippen LogP contribution in [0.1, 0.15) is 52.4 Å². The Balaban J connectivity index is 0.00000216. The summed E-state index contributed by atoms with van der Waals surface area (Å²) in [6, 6.07) is 11.3. The topological polar surface area (TPSA) is 109 Å². The van der Waals surface area contributed by atoms with Gasteiger partial charge in [0, 0.05) is 39.6 Å². The van der Waals surface area contributed by atoms with Crippen LogP contribution in [0, 0.1) is 12.8 Å². The highest BCUT2D eigenvalue weighted by atomic mass is 32.2. The van der Waals surface area contributed by atoms with Gasteiger partial charge in [-0.15, -0.1) is 0 Å². The smallest absolute Gasteiger partial charge is 0.304 e. The molecule has 0 radical (unpaired) electrons. The van der Waals surface area contributed by atoms with E-state index in [0.29, 0.717) is 24.7 Å². The van der Waals surface area contributed by atoms with Crippen molar-refractivity contribution in [3.63, 3.8) is 0 Å². The number of hydrogen-bond acceptors (Lipinski definition) is 6. The summed E-state index contributed by atoms with van der Waals surface area (Å²) < 4.78 is 29.1. The predicted molar refractivity (Wildman–Crippen MR) is 134 cm³/mol. The number of rotatable bonds is 5. The zero-order valence-corrected chi connectivity index (χ0v) is 20.5. The Kier molecular flexibility index (Phi) is 6.24. The molecule has 2 aliphatic heterocycles. The standard InChI is InChI=1S/C24H33N5O3S.2H2/c1-16-6-5-7-18(12-16)21-9-8-20(22(26-21)29-14-17(2)13-24(29,3)4)23(30)27-33(31,32)28-11-10-19(25)15-28;;/h5-9,12,17,19H,10-11,13-15,25H2,1-4H3,(H,27,30);2*1H/t17-,19-;;/m0../s1. The first-order valence-electron chi connectivity index (χ1n) is 11.4. The quantitative estimate of drug-likeness (QED) is 0.688. The van der Waals surface area contributed by atoms with Crippen LogP contribution in [0.2, 0.25) is 0 Å². The summed E-state index contributed by atoms with van der Waals surface area (Å²) in [5.41, 5.74) is 8.70. The zero-order valence-electron chi connectivity index (χ0n) is 19.7. The van der Waals surface area contributed by atoms with Crippen molar-refractivity contribution in [2.24, 2.45) is 11.7 Å². The molecule has 1 aromatic carbocycles. The summed E-state index contributed by atoms with van der Waals surface area (Å²) in [6.45, 7) is 9.70. The maximum absolute atomic E-state index is 13.3. The molecule has 0 unspecified atom stereocenters. The first kappa shape index (κ1) is 23.7. The number of carbonyl (C=O) groups is 1. The highest BCUT2D eigenvalue weighted by Crippen LogP contribution is 2.38. The third-order valence-corrected chi connectivity index (χ3v) is 7.97. The van der Waals surface area contributed by atoms with Gasteiger partial charge in [-0.1, -0.05) is 30.7 Å². The molecular weight excluding hydrogens is 438 g/mol. The molecule has 8 nitrogen and oxygen atoms in total. The van der Waals surface area contributed by atoms with Gasteiger partial charge >= 0.3 is 10.2 Å². The third kappa shape index (κ3) is 4.90. The van der Waals surface area contributed by atoms with Gasteiger partial charge in [0.1, 0.15) is 5.82 Å². The Bertz CT molecular complexity index is 1180.